The van der Waals surface area contributed by atoms with Gasteiger partial charge in [0.25, 0.3) is 0 Å². The van der Waals surface area contributed by atoms with Crippen LogP contribution in [0.2, 0.25) is 0 Å². The van der Waals surface area contributed by atoms with E-state index < -0.39 is 0 Å². The van der Waals surface area contributed by atoms with Gasteiger partial charge in [-0.3, -0.25) is 4.90 Å². The van der Waals surface area contributed by atoms with Crippen LogP contribution in [0, 0.1) is 76.4 Å². The van der Waals surface area contributed by atoms with E-state index in [1.54, 1.807) is 22.8 Å². The third-order valence-corrected chi connectivity index (χ3v) is 22.9. The second-order valence-electron chi connectivity index (χ2n) is 26.5. The molecule has 2 saturated carbocycles. The van der Waals surface area contributed by atoms with Gasteiger partial charge in [0.15, 0.2) is 0 Å². The number of fused-ring (bicyclic) bond motifs is 6. The van der Waals surface area contributed by atoms with E-state index in [0.29, 0.717) is 71.8 Å². The van der Waals surface area contributed by atoms with Crippen LogP contribution in [0.25, 0.3) is 0 Å². The van der Waals surface area contributed by atoms with Crippen LogP contribution in [-0.2, 0) is 4.74 Å². The topological polar surface area (TPSA) is 15.7 Å². The summed E-state index contributed by atoms with van der Waals surface area (Å²) in [4.78, 5) is 5.80. The number of hydrogen-bond donors (Lipinski definition) is 0. The molecule has 402 valence electrons. The van der Waals surface area contributed by atoms with E-state index in [0.717, 1.165) is 75.2 Å². The zero-order valence-electron chi connectivity index (χ0n) is 46.2. The van der Waals surface area contributed by atoms with Crippen LogP contribution in [0.1, 0.15) is 148 Å². The number of likely N-dealkylation sites (tertiary alicyclic amines) is 1. The zero-order valence-corrected chi connectivity index (χ0v) is 46.2. The SMILES string of the molecule is C=CC1C=CC(OC2CC=C(C3(C4CC=C(C)CC4)C4C=CC=CC4C4C=CC(N(C5=CCC(C6C=CC7C(C6)C6CC(C8=CCC(C=C)CC8)CCC6N7C6CC=CCC6)C=C5)C5=CC=C(F)CC5)CC43)CC2)CC1. The smallest absolute Gasteiger partial charge is 0.100 e. The van der Waals surface area contributed by atoms with Crippen molar-refractivity contribution >= 4 is 0 Å². The minimum Gasteiger partial charge on any atom is -0.371 e. The molecule has 13 rings (SSSR count). The Labute approximate surface area is 458 Å². The second kappa shape index (κ2) is 22.1. The van der Waals surface area contributed by atoms with E-state index in [1.807, 2.05) is 0 Å². The van der Waals surface area contributed by atoms with Gasteiger partial charge in [0.1, 0.15) is 5.83 Å². The summed E-state index contributed by atoms with van der Waals surface area (Å²) in [5, 5.41) is 0. The van der Waals surface area contributed by atoms with Crippen LogP contribution in [0.15, 0.2) is 181 Å². The van der Waals surface area contributed by atoms with Gasteiger partial charge < -0.3 is 9.64 Å². The largest absolute Gasteiger partial charge is 0.371 e. The molecule has 0 aromatic rings. The fraction of sp³-hybridized carbons (Fsp3) is 0.583. The van der Waals surface area contributed by atoms with E-state index in [4.69, 9.17) is 4.74 Å². The molecule has 3 fully saturated rings. The Hall–Kier alpha value is -4.25. The minimum absolute atomic E-state index is 0.0115. The van der Waals surface area contributed by atoms with Gasteiger partial charge in [-0.1, -0.05) is 132 Å². The van der Waals surface area contributed by atoms with Crippen molar-refractivity contribution in [3.63, 3.8) is 0 Å². The van der Waals surface area contributed by atoms with Gasteiger partial charge in [-0.2, -0.15) is 0 Å². The molecule has 4 heteroatoms. The first-order valence-electron chi connectivity index (χ1n) is 31.4. The van der Waals surface area contributed by atoms with E-state index in [9.17, 15) is 0 Å². The molecule has 13 aliphatic rings. The molecule has 3 nitrogen and oxygen atoms in total. The molecular formula is C72H91FN2O. The normalized spacial score (nSPS) is 43.6. The van der Waals surface area contributed by atoms with Gasteiger partial charge in [0, 0.05) is 41.4 Å². The van der Waals surface area contributed by atoms with Crippen molar-refractivity contribution in [3.8, 4) is 0 Å². The molecular weight excluding hydrogens is 928 g/mol. The summed E-state index contributed by atoms with van der Waals surface area (Å²) >= 11 is 0. The minimum atomic E-state index is 0.0115. The number of hydrogen-bond acceptors (Lipinski definition) is 3. The van der Waals surface area contributed by atoms with Crippen molar-refractivity contribution in [2.24, 2.45) is 76.4 Å². The molecule has 0 bridgehead atoms. The first-order chi connectivity index (χ1) is 37.4. The number of halogens is 1. The van der Waals surface area contributed by atoms with Crippen LogP contribution in [0.3, 0.4) is 0 Å². The maximum absolute atomic E-state index is 15.0. The zero-order chi connectivity index (χ0) is 51.3. The molecule has 12 aliphatic carbocycles. The molecule has 19 unspecified atom stereocenters. The molecule has 0 aromatic heterocycles. The third-order valence-electron chi connectivity index (χ3n) is 22.9. The van der Waals surface area contributed by atoms with Crippen molar-refractivity contribution in [1.82, 2.24) is 9.80 Å². The van der Waals surface area contributed by atoms with Crippen molar-refractivity contribution < 1.29 is 9.13 Å². The van der Waals surface area contributed by atoms with Crippen molar-refractivity contribution in [2.75, 3.05) is 0 Å². The average Bonchev–Trinajstić information content (AvgIpc) is 4.02. The van der Waals surface area contributed by atoms with Crippen LogP contribution in [-0.4, -0.2) is 46.2 Å². The third kappa shape index (κ3) is 9.56. The summed E-state index contributed by atoms with van der Waals surface area (Å²) in [6.07, 6.45) is 80.3. The van der Waals surface area contributed by atoms with E-state index in [1.165, 1.54) is 94.9 Å². The molecule has 0 N–H and O–H groups in total. The Bertz CT molecular complexity index is 2620. The van der Waals surface area contributed by atoms with Gasteiger partial charge in [0.05, 0.1) is 18.2 Å². The van der Waals surface area contributed by atoms with E-state index in [-0.39, 0.29) is 29.5 Å². The number of nitrogens with zero attached hydrogens (tertiary/aromatic N) is 2. The molecule has 0 radical (unpaired) electrons. The monoisotopic (exact) mass is 1020 g/mol. The van der Waals surface area contributed by atoms with Gasteiger partial charge in [-0.05, 0) is 231 Å². The second-order valence-corrected chi connectivity index (χ2v) is 26.5. The Morgan fingerprint density at radius 3 is 2.36 bits per heavy atom. The maximum atomic E-state index is 15.0. The first kappa shape index (κ1) is 51.2. The molecule has 19 atom stereocenters. The van der Waals surface area contributed by atoms with Gasteiger partial charge in [0.2, 0.25) is 0 Å². The molecule has 0 aromatic carbocycles. The molecule has 76 heavy (non-hydrogen) atoms. The number of rotatable bonds is 12. The Balaban J connectivity index is 0.776. The summed E-state index contributed by atoms with van der Waals surface area (Å²) in [6.45, 7) is 10.6. The standard InChI is InChI=1S/C72H91FN2O/c1-4-49-17-21-51(22-18-49)53-25-43-70-66(45-53)67-46-54(26-44-71(67)75(70)58-11-7-6-8-12-58)52-23-33-59(34-24-52)74(60-35-31-57(73)32-36-60)61-37-42-65-64-13-9-10-14-68(64)72(69(65)47-61,55-27-15-48(3)16-28-55)56-29-40-63(41-30-56)76-62-38-19-50(5-2)20-39-62/h4-7,9-10,13-15,19,21,23,26,29,31,33-35,37-38,42,44,49-50,52-55,58,61-71H,1-2,8,11-12,16-18,20,22,24-25,27-28,30,32,36,39-41,43,45-47H2,3H3. The summed E-state index contributed by atoms with van der Waals surface area (Å²) in [5.41, 5.74) is 7.80. The van der Waals surface area contributed by atoms with Gasteiger partial charge in [-0.25, -0.2) is 4.39 Å². The van der Waals surface area contributed by atoms with Crippen LogP contribution < -0.4 is 0 Å². The van der Waals surface area contributed by atoms with Crippen molar-refractivity contribution in [2.45, 2.75) is 185 Å². The highest BCUT2D eigenvalue weighted by Crippen LogP contribution is 2.69. The van der Waals surface area contributed by atoms with E-state index in [2.05, 4.69) is 157 Å². The average molecular weight is 1020 g/mol. The lowest BCUT2D eigenvalue weighted by Crippen LogP contribution is -2.47. The van der Waals surface area contributed by atoms with Crippen LogP contribution in [0.4, 0.5) is 4.39 Å². The maximum Gasteiger partial charge on any atom is 0.100 e. The summed E-state index contributed by atoms with van der Waals surface area (Å²) in [7, 11) is 0. The predicted octanol–water partition coefficient (Wildman–Crippen LogP) is 17.6. The van der Waals surface area contributed by atoms with Crippen LogP contribution in [0.5, 0.6) is 0 Å². The fourth-order valence-corrected chi connectivity index (χ4v) is 19.2. The first-order valence-corrected chi connectivity index (χ1v) is 31.4. The van der Waals surface area contributed by atoms with Crippen molar-refractivity contribution in [1.29, 1.82) is 0 Å². The Morgan fingerprint density at radius 2 is 1.62 bits per heavy atom. The molecule has 1 aliphatic heterocycles. The Kier molecular flexibility index (Phi) is 14.9. The van der Waals surface area contributed by atoms with Gasteiger partial charge in [-0.15, -0.1) is 13.2 Å². The highest BCUT2D eigenvalue weighted by atomic mass is 19.1. The quantitative estimate of drug-likeness (QED) is 0.181. The highest BCUT2D eigenvalue weighted by molar-refractivity contribution is 5.40. The van der Waals surface area contributed by atoms with Gasteiger partial charge >= 0.3 is 0 Å². The summed E-state index contributed by atoms with van der Waals surface area (Å²) in [5.74, 6) is 7.14. The lowest BCUT2D eigenvalue weighted by Gasteiger charge is -2.53. The lowest BCUT2D eigenvalue weighted by atomic mass is 9.52. The molecule has 1 saturated heterocycles. The number of allylic oxidation sites excluding steroid dienone is 22. The molecule has 0 spiro atoms. The molecule has 0 amide bonds. The van der Waals surface area contributed by atoms with Crippen LogP contribution >= 0.6 is 0 Å². The number of ether oxygens (including phenoxy) is 1. The predicted molar refractivity (Wildman–Crippen MR) is 313 cm³/mol. The molecule has 1 heterocycles. The van der Waals surface area contributed by atoms with E-state index >= 15 is 4.39 Å². The van der Waals surface area contributed by atoms with Crippen molar-refractivity contribution in [3.05, 3.63) is 181 Å². The Morgan fingerprint density at radius 1 is 0.684 bits per heavy atom. The lowest BCUT2D eigenvalue weighted by molar-refractivity contribution is -0.00586. The fourth-order valence-electron chi connectivity index (χ4n) is 19.2. The summed E-state index contributed by atoms with van der Waals surface area (Å²) < 4.78 is 21.9. The highest BCUT2D eigenvalue weighted by Gasteiger charge is 2.63. The summed E-state index contributed by atoms with van der Waals surface area (Å²) in [6, 6.07) is 2.22.